The second-order valence-electron chi connectivity index (χ2n) is 6.09. The highest BCUT2D eigenvalue weighted by molar-refractivity contribution is 5.26. The molecule has 0 radical (unpaired) electrons. The molecule has 0 bridgehead atoms. The van der Waals surface area contributed by atoms with Gasteiger partial charge in [0.15, 0.2) is 0 Å². The Bertz CT molecular complexity index is 405. The molecule has 0 saturated carbocycles. The predicted molar refractivity (Wildman–Crippen MR) is 81.9 cm³/mol. The summed E-state index contributed by atoms with van der Waals surface area (Å²) in [5.74, 6) is 0.739. The third kappa shape index (κ3) is 3.22. The van der Waals surface area contributed by atoms with Crippen LogP contribution in [-0.4, -0.2) is 44.3 Å². The van der Waals surface area contributed by atoms with Crippen molar-refractivity contribution in [2.45, 2.75) is 25.8 Å². The van der Waals surface area contributed by atoms with Crippen LogP contribution in [0.2, 0.25) is 0 Å². The molecule has 0 aliphatic carbocycles. The number of nitrogens with zero attached hydrogens (tertiary/aromatic N) is 1. The minimum atomic E-state index is 0.570. The van der Waals surface area contributed by atoms with Crippen LogP contribution in [0.1, 0.15) is 30.0 Å². The monoisotopic (exact) mass is 274 g/mol. The van der Waals surface area contributed by atoms with Crippen LogP contribution in [0.3, 0.4) is 0 Å². The highest BCUT2D eigenvalue weighted by Gasteiger charge is 2.31. The van der Waals surface area contributed by atoms with E-state index >= 15 is 0 Å². The molecule has 1 N–H and O–H groups in total. The van der Waals surface area contributed by atoms with E-state index < -0.39 is 0 Å². The lowest BCUT2D eigenvalue weighted by Crippen LogP contribution is -2.47. The number of piperazine rings is 1. The molecule has 1 aromatic carbocycles. The van der Waals surface area contributed by atoms with E-state index in [4.69, 9.17) is 4.74 Å². The number of aryl methyl sites for hydroxylation is 1. The van der Waals surface area contributed by atoms with Crippen molar-refractivity contribution in [3.05, 3.63) is 35.4 Å². The van der Waals surface area contributed by atoms with E-state index in [2.05, 4.69) is 41.4 Å². The summed E-state index contributed by atoms with van der Waals surface area (Å²) in [6.45, 7) is 8.61. The number of hydrogen-bond donors (Lipinski definition) is 1. The maximum atomic E-state index is 5.57. The van der Waals surface area contributed by atoms with Crippen LogP contribution in [0.25, 0.3) is 0 Å². The topological polar surface area (TPSA) is 24.5 Å². The number of nitrogens with one attached hydrogen (secondary N) is 1. The van der Waals surface area contributed by atoms with Gasteiger partial charge in [-0.05, 0) is 31.2 Å². The van der Waals surface area contributed by atoms with Gasteiger partial charge in [0.25, 0.3) is 0 Å². The molecule has 2 fully saturated rings. The van der Waals surface area contributed by atoms with Crippen molar-refractivity contribution in [1.82, 2.24) is 10.2 Å². The van der Waals surface area contributed by atoms with Crippen LogP contribution in [0, 0.1) is 12.8 Å². The van der Waals surface area contributed by atoms with Crippen LogP contribution < -0.4 is 5.32 Å². The molecule has 0 amide bonds. The first-order valence-corrected chi connectivity index (χ1v) is 7.93. The fourth-order valence-electron chi connectivity index (χ4n) is 3.63. The summed E-state index contributed by atoms with van der Waals surface area (Å²) in [5.41, 5.74) is 2.87. The minimum absolute atomic E-state index is 0.570. The van der Waals surface area contributed by atoms with Crippen molar-refractivity contribution in [3.8, 4) is 0 Å². The average Bonchev–Trinajstić information content (AvgIpc) is 2.50. The van der Waals surface area contributed by atoms with Crippen LogP contribution in [0.4, 0.5) is 0 Å². The van der Waals surface area contributed by atoms with Crippen LogP contribution in [-0.2, 0) is 4.74 Å². The Hall–Kier alpha value is -0.900. The van der Waals surface area contributed by atoms with Gasteiger partial charge >= 0.3 is 0 Å². The lowest BCUT2D eigenvalue weighted by atomic mass is 9.85. The number of hydrogen-bond acceptors (Lipinski definition) is 3. The summed E-state index contributed by atoms with van der Waals surface area (Å²) in [6.07, 6.45) is 2.39. The fraction of sp³-hybridized carbons (Fsp3) is 0.647. The third-order valence-corrected chi connectivity index (χ3v) is 4.64. The van der Waals surface area contributed by atoms with Crippen molar-refractivity contribution in [2.75, 3.05) is 39.4 Å². The van der Waals surface area contributed by atoms with E-state index in [0.29, 0.717) is 6.04 Å². The van der Waals surface area contributed by atoms with Crippen molar-refractivity contribution >= 4 is 0 Å². The number of benzene rings is 1. The molecule has 110 valence electrons. The fourth-order valence-corrected chi connectivity index (χ4v) is 3.63. The van der Waals surface area contributed by atoms with Gasteiger partial charge in [0.2, 0.25) is 0 Å². The summed E-state index contributed by atoms with van der Waals surface area (Å²) in [5, 5.41) is 3.47. The van der Waals surface area contributed by atoms with Gasteiger partial charge in [0.1, 0.15) is 0 Å². The van der Waals surface area contributed by atoms with Gasteiger partial charge in [-0.3, -0.25) is 4.90 Å². The molecule has 3 rings (SSSR count). The van der Waals surface area contributed by atoms with Gasteiger partial charge in [-0.2, -0.15) is 0 Å². The first kappa shape index (κ1) is 14.1. The first-order chi connectivity index (χ1) is 9.84. The van der Waals surface area contributed by atoms with Crippen LogP contribution in [0.15, 0.2) is 24.3 Å². The molecule has 1 atom stereocenters. The molecule has 0 aromatic heterocycles. The largest absolute Gasteiger partial charge is 0.381 e. The van der Waals surface area contributed by atoms with E-state index in [0.717, 1.165) is 45.3 Å². The molecule has 20 heavy (non-hydrogen) atoms. The second kappa shape index (κ2) is 6.70. The Morgan fingerprint density at radius 1 is 1.20 bits per heavy atom. The molecule has 2 aliphatic heterocycles. The zero-order chi connectivity index (χ0) is 13.8. The minimum Gasteiger partial charge on any atom is -0.381 e. The summed E-state index contributed by atoms with van der Waals surface area (Å²) < 4.78 is 5.57. The van der Waals surface area contributed by atoms with Gasteiger partial charge in [-0.25, -0.2) is 0 Å². The smallest absolute Gasteiger partial charge is 0.0469 e. The van der Waals surface area contributed by atoms with Crippen molar-refractivity contribution < 1.29 is 4.74 Å². The maximum absolute atomic E-state index is 5.57. The van der Waals surface area contributed by atoms with Gasteiger partial charge in [0, 0.05) is 45.4 Å². The Kier molecular flexibility index (Phi) is 4.71. The van der Waals surface area contributed by atoms with Crippen molar-refractivity contribution in [2.24, 2.45) is 5.92 Å². The molecule has 3 heteroatoms. The molecule has 1 aromatic rings. The quantitative estimate of drug-likeness (QED) is 0.916. The molecule has 2 heterocycles. The summed E-state index contributed by atoms with van der Waals surface area (Å²) in [6, 6.07) is 9.67. The molecule has 0 spiro atoms. The molecule has 0 unspecified atom stereocenters. The molecular formula is C17H26N2O. The molecule has 2 saturated heterocycles. The predicted octanol–water partition coefficient (Wildman–Crippen LogP) is 2.37. The van der Waals surface area contributed by atoms with Crippen LogP contribution in [0.5, 0.6) is 0 Å². The van der Waals surface area contributed by atoms with Gasteiger partial charge in [0.05, 0.1) is 0 Å². The molecule has 2 aliphatic rings. The average molecular weight is 274 g/mol. The lowest BCUT2D eigenvalue weighted by molar-refractivity contribution is 0.0213. The number of ether oxygens (including phenoxy) is 1. The van der Waals surface area contributed by atoms with Gasteiger partial charge in [-0.1, -0.05) is 29.8 Å². The van der Waals surface area contributed by atoms with Crippen LogP contribution >= 0.6 is 0 Å². The first-order valence-electron chi connectivity index (χ1n) is 7.93. The zero-order valence-electron chi connectivity index (χ0n) is 12.5. The molecular weight excluding hydrogens is 248 g/mol. The lowest BCUT2D eigenvalue weighted by Gasteiger charge is -2.41. The van der Waals surface area contributed by atoms with Crippen molar-refractivity contribution in [1.29, 1.82) is 0 Å². The standard InChI is InChI=1S/C17H26N2O/c1-14-3-2-4-16(13-14)17(15-5-11-20-12-6-15)19-9-7-18-8-10-19/h2-4,13,15,17-18H,5-12H2,1H3/t17-/m1/s1. The summed E-state index contributed by atoms with van der Waals surface area (Å²) in [7, 11) is 0. The Morgan fingerprint density at radius 2 is 1.95 bits per heavy atom. The Balaban J connectivity index is 1.85. The highest BCUT2D eigenvalue weighted by Crippen LogP contribution is 2.35. The van der Waals surface area contributed by atoms with E-state index in [-0.39, 0.29) is 0 Å². The zero-order valence-corrected chi connectivity index (χ0v) is 12.5. The Labute approximate surface area is 122 Å². The van der Waals surface area contributed by atoms with Gasteiger partial charge < -0.3 is 10.1 Å². The second-order valence-corrected chi connectivity index (χ2v) is 6.09. The van der Waals surface area contributed by atoms with Crippen molar-refractivity contribution in [3.63, 3.8) is 0 Å². The Morgan fingerprint density at radius 3 is 2.65 bits per heavy atom. The normalized spacial score (nSPS) is 23.6. The van der Waals surface area contributed by atoms with E-state index in [9.17, 15) is 0 Å². The maximum Gasteiger partial charge on any atom is 0.0469 e. The van der Waals surface area contributed by atoms with E-state index in [1.165, 1.54) is 24.0 Å². The van der Waals surface area contributed by atoms with E-state index in [1.807, 2.05) is 0 Å². The summed E-state index contributed by atoms with van der Waals surface area (Å²) >= 11 is 0. The van der Waals surface area contributed by atoms with E-state index in [1.54, 1.807) is 0 Å². The van der Waals surface area contributed by atoms with Gasteiger partial charge in [-0.15, -0.1) is 0 Å². The molecule has 3 nitrogen and oxygen atoms in total. The number of rotatable bonds is 3. The third-order valence-electron chi connectivity index (χ3n) is 4.64. The highest BCUT2D eigenvalue weighted by atomic mass is 16.5. The summed E-state index contributed by atoms with van der Waals surface area (Å²) in [4.78, 5) is 2.68. The SMILES string of the molecule is Cc1cccc([C@@H](C2CCOCC2)N2CCNCC2)c1.